The minimum Gasteiger partial charge on any atom is -0.502 e. The van der Waals surface area contributed by atoms with Crippen LogP contribution in [0.2, 0.25) is 0 Å². The second-order valence-corrected chi connectivity index (χ2v) is 6.57. The molecule has 1 amide bonds. The molecule has 0 fully saturated rings. The van der Waals surface area contributed by atoms with Gasteiger partial charge in [0.1, 0.15) is 5.75 Å². The second kappa shape index (κ2) is 10.5. The van der Waals surface area contributed by atoms with Crippen molar-refractivity contribution in [2.75, 3.05) is 20.8 Å². The van der Waals surface area contributed by atoms with E-state index in [4.69, 9.17) is 19.5 Å². The number of carbonyl (C=O) groups is 1. The number of hydrogen-bond acceptors (Lipinski definition) is 7. The lowest BCUT2D eigenvalue weighted by Gasteiger charge is -2.09. The molecule has 0 radical (unpaired) electrons. The molecule has 0 bridgehead atoms. The van der Waals surface area contributed by atoms with E-state index in [0.717, 1.165) is 11.1 Å². The SMILES string of the molecule is COc1cc(/C=N/NC(=O)COc2ccc(-c3ccc(C#N)cc3)cc2)cc(OC)c1O. The first-order valence-electron chi connectivity index (χ1n) is 9.54. The molecule has 0 spiro atoms. The van der Waals surface area contributed by atoms with E-state index in [0.29, 0.717) is 16.9 Å². The first-order valence-corrected chi connectivity index (χ1v) is 9.54. The zero-order chi connectivity index (χ0) is 22.9. The van der Waals surface area contributed by atoms with Crippen LogP contribution in [0.5, 0.6) is 23.0 Å². The summed E-state index contributed by atoms with van der Waals surface area (Å²) in [5.41, 5.74) is 5.49. The average Bonchev–Trinajstić information content (AvgIpc) is 2.84. The number of amides is 1. The Kier molecular flexibility index (Phi) is 7.28. The monoisotopic (exact) mass is 431 g/mol. The number of nitrogens with one attached hydrogen (secondary N) is 1. The molecule has 0 unspecified atom stereocenters. The molecule has 2 N–H and O–H groups in total. The molecule has 8 heteroatoms. The quantitative estimate of drug-likeness (QED) is 0.417. The van der Waals surface area contributed by atoms with Gasteiger partial charge in [0.25, 0.3) is 5.91 Å². The van der Waals surface area contributed by atoms with E-state index < -0.39 is 5.91 Å². The van der Waals surface area contributed by atoms with Crippen molar-refractivity contribution in [1.82, 2.24) is 5.43 Å². The standard InChI is InChI=1S/C24H21N3O5/c1-30-21-11-17(12-22(31-2)24(21)29)14-26-27-23(28)15-32-20-9-7-19(8-10-20)18-5-3-16(13-25)4-6-18/h3-12,14,29H,15H2,1-2H3,(H,27,28)/b26-14+. The largest absolute Gasteiger partial charge is 0.502 e. The van der Waals surface area contributed by atoms with E-state index in [1.54, 1.807) is 36.4 Å². The summed E-state index contributed by atoms with van der Waals surface area (Å²) in [7, 11) is 2.84. The van der Waals surface area contributed by atoms with Gasteiger partial charge in [0.2, 0.25) is 5.75 Å². The van der Waals surface area contributed by atoms with Crippen molar-refractivity contribution in [3.8, 4) is 40.2 Å². The van der Waals surface area contributed by atoms with Gasteiger partial charge in [-0.15, -0.1) is 0 Å². The van der Waals surface area contributed by atoms with Crippen molar-refractivity contribution in [2.24, 2.45) is 5.10 Å². The number of methoxy groups -OCH3 is 2. The Morgan fingerprint density at radius 2 is 1.59 bits per heavy atom. The molecule has 0 aliphatic carbocycles. The molecular weight excluding hydrogens is 410 g/mol. The minimum absolute atomic E-state index is 0.116. The van der Waals surface area contributed by atoms with Crippen LogP contribution in [0.25, 0.3) is 11.1 Å². The van der Waals surface area contributed by atoms with Gasteiger partial charge >= 0.3 is 0 Å². The summed E-state index contributed by atoms with van der Waals surface area (Å²) < 4.78 is 15.6. The third kappa shape index (κ3) is 5.55. The number of aromatic hydroxyl groups is 1. The number of hydrogen-bond donors (Lipinski definition) is 2. The van der Waals surface area contributed by atoms with Crippen LogP contribution < -0.4 is 19.6 Å². The highest BCUT2D eigenvalue weighted by atomic mass is 16.5. The molecule has 0 atom stereocenters. The van der Waals surface area contributed by atoms with Crippen molar-refractivity contribution in [3.63, 3.8) is 0 Å². The number of rotatable bonds is 8. The Hall–Kier alpha value is -4.51. The predicted octanol–water partition coefficient (Wildman–Crippen LogP) is 3.48. The van der Waals surface area contributed by atoms with Crippen LogP contribution >= 0.6 is 0 Å². The Morgan fingerprint density at radius 1 is 1.03 bits per heavy atom. The number of carbonyl (C=O) groups excluding carboxylic acids is 1. The van der Waals surface area contributed by atoms with Crippen molar-refractivity contribution < 1.29 is 24.1 Å². The molecule has 0 saturated heterocycles. The number of phenols is 1. The fourth-order valence-electron chi connectivity index (χ4n) is 2.83. The summed E-state index contributed by atoms with van der Waals surface area (Å²) in [5.74, 6) is 0.439. The molecular formula is C24H21N3O5. The maximum absolute atomic E-state index is 12.0. The number of phenolic OH excluding ortho intramolecular Hbond substituents is 1. The second-order valence-electron chi connectivity index (χ2n) is 6.57. The maximum Gasteiger partial charge on any atom is 0.277 e. The van der Waals surface area contributed by atoms with Crippen LogP contribution in [0.3, 0.4) is 0 Å². The molecule has 3 aromatic carbocycles. The van der Waals surface area contributed by atoms with Crippen molar-refractivity contribution in [1.29, 1.82) is 5.26 Å². The number of benzene rings is 3. The zero-order valence-electron chi connectivity index (χ0n) is 17.5. The number of nitrogens with zero attached hydrogens (tertiary/aromatic N) is 2. The average molecular weight is 431 g/mol. The first-order chi connectivity index (χ1) is 15.5. The predicted molar refractivity (Wildman–Crippen MR) is 119 cm³/mol. The third-order valence-electron chi connectivity index (χ3n) is 4.48. The Bertz CT molecular complexity index is 1120. The first kappa shape index (κ1) is 22.2. The fourth-order valence-corrected chi connectivity index (χ4v) is 2.83. The van der Waals surface area contributed by atoms with E-state index in [1.165, 1.54) is 20.4 Å². The van der Waals surface area contributed by atoms with Crippen LogP contribution in [0.4, 0.5) is 0 Å². The van der Waals surface area contributed by atoms with Crippen molar-refractivity contribution >= 4 is 12.1 Å². The molecule has 8 nitrogen and oxygen atoms in total. The molecule has 0 aromatic heterocycles. The van der Waals surface area contributed by atoms with Crippen LogP contribution in [-0.2, 0) is 4.79 Å². The summed E-state index contributed by atoms with van der Waals surface area (Å²) in [4.78, 5) is 12.0. The minimum atomic E-state index is -0.435. The van der Waals surface area contributed by atoms with Gasteiger partial charge in [-0.2, -0.15) is 10.4 Å². The highest BCUT2D eigenvalue weighted by molar-refractivity contribution is 5.84. The number of hydrazone groups is 1. The smallest absolute Gasteiger partial charge is 0.277 e. The Labute approximate surface area is 185 Å². The lowest BCUT2D eigenvalue weighted by molar-refractivity contribution is -0.123. The summed E-state index contributed by atoms with van der Waals surface area (Å²) in [5, 5.41) is 22.7. The number of ether oxygens (including phenoxy) is 3. The van der Waals surface area contributed by atoms with E-state index in [2.05, 4.69) is 16.6 Å². The molecule has 32 heavy (non-hydrogen) atoms. The molecule has 0 aliphatic rings. The van der Waals surface area contributed by atoms with Crippen LogP contribution in [0.15, 0.2) is 65.8 Å². The summed E-state index contributed by atoms with van der Waals surface area (Å²) in [6, 6.07) is 19.7. The summed E-state index contributed by atoms with van der Waals surface area (Å²) in [6.07, 6.45) is 1.40. The van der Waals surface area contributed by atoms with Gasteiger partial charge in [-0.05, 0) is 47.5 Å². The van der Waals surface area contributed by atoms with Gasteiger partial charge in [-0.1, -0.05) is 24.3 Å². The van der Waals surface area contributed by atoms with E-state index >= 15 is 0 Å². The van der Waals surface area contributed by atoms with Crippen molar-refractivity contribution in [2.45, 2.75) is 0 Å². The van der Waals surface area contributed by atoms with Gasteiger partial charge in [0.05, 0.1) is 32.1 Å². The van der Waals surface area contributed by atoms with Crippen molar-refractivity contribution in [3.05, 3.63) is 71.8 Å². The fraction of sp³-hybridized carbons (Fsp3) is 0.125. The third-order valence-corrected chi connectivity index (χ3v) is 4.48. The van der Waals surface area contributed by atoms with Gasteiger partial charge in [0.15, 0.2) is 18.1 Å². The van der Waals surface area contributed by atoms with E-state index in [9.17, 15) is 9.90 Å². The van der Waals surface area contributed by atoms with Crippen LogP contribution in [0.1, 0.15) is 11.1 Å². The Morgan fingerprint density at radius 3 is 2.12 bits per heavy atom. The maximum atomic E-state index is 12.0. The topological polar surface area (TPSA) is 113 Å². The highest BCUT2D eigenvalue weighted by Crippen LogP contribution is 2.36. The van der Waals surface area contributed by atoms with Gasteiger partial charge < -0.3 is 19.3 Å². The molecule has 3 aromatic rings. The highest BCUT2D eigenvalue weighted by Gasteiger charge is 2.10. The van der Waals surface area contributed by atoms with Gasteiger partial charge in [-0.25, -0.2) is 5.43 Å². The van der Waals surface area contributed by atoms with Crippen LogP contribution in [0, 0.1) is 11.3 Å². The Balaban J connectivity index is 1.53. The van der Waals surface area contributed by atoms with E-state index in [-0.39, 0.29) is 23.9 Å². The molecule has 0 heterocycles. The molecule has 162 valence electrons. The van der Waals surface area contributed by atoms with Gasteiger partial charge in [0, 0.05) is 5.56 Å². The van der Waals surface area contributed by atoms with E-state index in [1.807, 2.05) is 24.3 Å². The summed E-state index contributed by atoms with van der Waals surface area (Å²) >= 11 is 0. The lowest BCUT2D eigenvalue weighted by atomic mass is 10.0. The summed E-state index contributed by atoms with van der Waals surface area (Å²) in [6.45, 7) is -0.213. The lowest BCUT2D eigenvalue weighted by Crippen LogP contribution is -2.24. The van der Waals surface area contributed by atoms with Crippen LogP contribution in [-0.4, -0.2) is 38.1 Å². The normalized spacial score (nSPS) is 10.4. The molecule has 0 saturated carbocycles. The van der Waals surface area contributed by atoms with Gasteiger partial charge in [-0.3, -0.25) is 4.79 Å². The molecule has 0 aliphatic heterocycles. The zero-order valence-corrected chi connectivity index (χ0v) is 17.5. The number of nitriles is 1. The molecule has 3 rings (SSSR count).